The van der Waals surface area contributed by atoms with Crippen LogP contribution in [-0.2, 0) is 14.3 Å². The van der Waals surface area contributed by atoms with Crippen LogP contribution in [0.1, 0.15) is 45.4 Å². The van der Waals surface area contributed by atoms with E-state index in [4.69, 9.17) is 4.74 Å². The largest absolute Gasteiger partial charge is 0.365 e. The summed E-state index contributed by atoms with van der Waals surface area (Å²) in [6.07, 6.45) is 4.59. The highest BCUT2D eigenvalue weighted by Crippen LogP contribution is 2.29. The number of likely N-dealkylation sites (N-methyl/N-ethyl adjacent to an activating group) is 1. The van der Waals surface area contributed by atoms with E-state index in [0.29, 0.717) is 25.2 Å². The minimum Gasteiger partial charge on any atom is -0.365 e. The van der Waals surface area contributed by atoms with E-state index in [9.17, 15) is 9.59 Å². The molecule has 0 aromatic rings. The van der Waals surface area contributed by atoms with E-state index in [1.165, 1.54) is 0 Å². The van der Waals surface area contributed by atoms with E-state index >= 15 is 0 Å². The van der Waals surface area contributed by atoms with E-state index in [2.05, 4.69) is 0 Å². The van der Waals surface area contributed by atoms with E-state index in [0.717, 1.165) is 25.7 Å². The van der Waals surface area contributed by atoms with Crippen molar-refractivity contribution in [1.29, 1.82) is 0 Å². The molecule has 4 heteroatoms. The summed E-state index contributed by atoms with van der Waals surface area (Å²) in [7, 11) is 1.84. The van der Waals surface area contributed by atoms with E-state index < -0.39 is 5.60 Å². The standard InChI is InChI=1S/C13H21NO3/c1-13(8-3-9-17-13)12(16)14(2)10-4-6-11(15)7-5-10/h10H,3-9H2,1-2H3. The lowest BCUT2D eigenvalue weighted by molar-refractivity contribution is -0.153. The highest BCUT2D eigenvalue weighted by molar-refractivity contribution is 5.85. The minimum absolute atomic E-state index is 0.0781. The van der Waals surface area contributed by atoms with Crippen molar-refractivity contribution in [2.75, 3.05) is 13.7 Å². The molecular formula is C13H21NO3. The van der Waals surface area contributed by atoms with Crippen molar-refractivity contribution < 1.29 is 14.3 Å². The van der Waals surface area contributed by atoms with Gasteiger partial charge in [-0.2, -0.15) is 0 Å². The normalized spacial score (nSPS) is 30.6. The van der Waals surface area contributed by atoms with Crippen LogP contribution in [0.15, 0.2) is 0 Å². The van der Waals surface area contributed by atoms with E-state index in [1.807, 2.05) is 14.0 Å². The SMILES string of the molecule is CN(C(=O)C1(C)CCCO1)C1CCC(=O)CC1. The van der Waals surface area contributed by atoms with Crippen LogP contribution < -0.4 is 0 Å². The molecule has 2 fully saturated rings. The van der Waals surface area contributed by atoms with Gasteiger partial charge in [-0.15, -0.1) is 0 Å². The fourth-order valence-electron chi connectivity index (χ4n) is 2.80. The fourth-order valence-corrected chi connectivity index (χ4v) is 2.80. The number of ketones is 1. The molecule has 1 aliphatic carbocycles. The Morgan fingerprint density at radius 1 is 1.41 bits per heavy atom. The summed E-state index contributed by atoms with van der Waals surface area (Å²) in [6.45, 7) is 2.56. The molecule has 0 aromatic heterocycles. The second-order valence-electron chi connectivity index (χ2n) is 5.37. The average Bonchev–Trinajstić information content (AvgIpc) is 2.76. The number of nitrogens with zero attached hydrogens (tertiary/aromatic N) is 1. The van der Waals surface area contributed by atoms with Gasteiger partial charge in [0.05, 0.1) is 0 Å². The van der Waals surface area contributed by atoms with Gasteiger partial charge in [0.15, 0.2) is 0 Å². The van der Waals surface area contributed by atoms with Crippen molar-refractivity contribution in [3.63, 3.8) is 0 Å². The van der Waals surface area contributed by atoms with E-state index in [-0.39, 0.29) is 11.9 Å². The maximum absolute atomic E-state index is 12.4. The number of hydrogen-bond donors (Lipinski definition) is 0. The van der Waals surface area contributed by atoms with Crippen LogP contribution in [0.3, 0.4) is 0 Å². The summed E-state index contributed by atoms with van der Waals surface area (Å²) >= 11 is 0. The quantitative estimate of drug-likeness (QED) is 0.734. The van der Waals surface area contributed by atoms with Crippen LogP contribution in [-0.4, -0.2) is 41.9 Å². The second kappa shape index (κ2) is 4.77. The summed E-state index contributed by atoms with van der Waals surface area (Å²) in [4.78, 5) is 25.4. The molecule has 0 spiro atoms. The van der Waals surface area contributed by atoms with Crippen molar-refractivity contribution in [1.82, 2.24) is 4.90 Å². The summed E-state index contributed by atoms with van der Waals surface area (Å²) < 4.78 is 5.58. The van der Waals surface area contributed by atoms with Gasteiger partial charge in [-0.05, 0) is 32.6 Å². The van der Waals surface area contributed by atoms with Gasteiger partial charge in [-0.1, -0.05) is 0 Å². The molecule has 1 heterocycles. The molecule has 4 nitrogen and oxygen atoms in total. The number of carbonyl (C=O) groups excluding carboxylic acids is 2. The number of rotatable bonds is 2. The summed E-state index contributed by atoms with van der Waals surface area (Å²) in [6, 6.07) is 0.209. The number of ether oxygens (including phenoxy) is 1. The summed E-state index contributed by atoms with van der Waals surface area (Å²) in [5.41, 5.74) is -0.629. The Labute approximate surface area is 102 Å². The molecule has 17 heavy (non-hydrogen) atoms. The number of amides is 1. The molecular weight excluding hydrogens is 218 g/mol. The van der Waals surface area contributed by atoms with Crippen LogP contribution in [0.25, 0.3) is 0 Å². The zero-order valence-corrected chi connectivity index (χ0v) is 10.7. The maximum Gasteiger partial charge on any atom is 0.254 e. The molecule has 1 amide bonds. The monoisotopic (exact) mass is 239 g/mol. The maximum atomic E-state index is 12.4. The first-order chi connectivity index (χ1) is 8.03. The molecule has 0 radical (unpaired) electrons. The van der Waals surface area contributed by atoms with Crippen molar-refractivity contribution in [3.8, 4) is 0 Å². The second-order valence-corrected chi connectivity index (χ2v) is 5.37. The highest BCUT2D eigenvalue weighted by Gasteiger charge is 2.41. The van der Waals surface area contributed by atoms with Gasteiger partial charge in [-0.25, -0.2) is 0 Å². The molecule has 1 atom stereocenters. The molecule has 1 unspecified atom stereocenters. The molecule has 96 valence electrons. The van der Waals surface area contributed by atoms with Crippen LogP contribution in [0.5, 0.6) is 0 Å². The highest BCUT2D eigenvalue weighted by atomic mass is 16.5. The Kier molecular flexibility index (Phi) is 3.52. The number of Topliss-reactive ketones (excluding diaryl/α,β-unsaturated/α-hetero) is 1. The molecule has 0 bridgehead atoms. The Morgan fingerprint density at radius 3 is 2.59 bits per heavy atom. The van der Waals surface area contributed by atoms with E-state index in [1.54, 1.807) is 4.90 Å². The third kappa shape index (κ3) is 2.51. The third-order valence-electron chi connectivity index (χ3n) is 4.05. The summed E-state index contributed by atoms with van der Waals surface area (Å²) in [5, 5.41) is 0. The van der Waals surface area contributed by atoms with Gasteiger partial charge in [-0.3, -0.25) is 9.59 Å². The van der Waals surface area contributed by atoms with Gasteiger partial charge in [0.2, 0.25) is 0 Å². The van der Waals surface area contributed by atoms with Crippen LogP contribution in [0.4, 0.5) is 0 Å². The third-order valence-corrected chi connectivity index (χ3v) is 4.05. The van der Waals surface area contributed by atoms with Gasteiger partial charge in [0.25, 0.3) is 5.91 Å². The molecule has 2 aliphatic rings. The predicted octanol–water partition coefficient (Wildman–Crippen LogP) is 1.53. The molecule has 1 saturated carbocycles. The molecule has 1 aliphatic heterocycles. The molecule has 0 aromatic carbocycles. The smallest absolute Gasteiger partial charge is 0.254 e. The Morgan fingerprint density at radius 2 is 2.06 bits per heavy atom. The minimum atomic E-state index is -0.629. The van der Waals surface area contributed by atoms with Crippen LogP contribution >= 0.6 is 0 Å². The lowest BCUT2D eigenvalue weighted by atomic mass is 9.91. The summed E-state index contributed by atoms with van der Waals surface area (Å²) in [5.74, 6) is 0.403. The topological polar surface area (TPSA) is 46.6 Å². The lowest BCUT2D eigenvalue weighted by Crippen LogP contribution is -2.50. The Hall–Kier alpha value is -0.900. The van der Waals surface area contributed by atoms with Crippen molar-refractivity contribution in [3.05, 3.63) is 0 Å². The average molecular weight is 239 g/mol. The fraction of sp³-hybridized carbons (Fsp3) is 0.846. The van der Waals surface area contributed by atoms with Gasteiger partial charge < -0.3 is 9.64 Å². The first kappa shape index (κ1) is 12.6. The number of hydrogen-bond acceptors (Lipinski definition) is 3. The molecule has 2 rings (SSSR count). The van der Waals surface area contributed by atoms with Gasteiger partial charge >= 0.3 is 0 Å². The van der Waals surface area contributed by atoms with Crippen LogP contribution in [0, 0.1) is 0 Å². The predicted molar refractivity (Wildman–Crippen MR) is 63.6 cm³/mol. The first-order valence-electron chi connectivity index (χ1n) is 6.46. The first-order valence-corrected chi connectivity index (χ1v) is 6.46. The Balaban J connectivity index is 1.97. The van der Waals surface area contributed by atoms with Crippen molar-refractivity contribution in [2.24, 2.45) is 0 Å². The zero-order chi connectivity index (χ0) is 12.5. The number of carbonyl (C=O) groups is 2. The van der Waals surface area contributed by atoms with Crippen LogP contribution in [0.2, 0.25) is 0 Å². The molecule has 1 saturated heterocycles. The zero-order valence-electron chi connectivity index (χ0n) is 10.7. The lowest BCUT2D eigenvalue weighted by Gasteiger charge is -2.35. The van der Waals surface area contributed by atoms with Crippen molar-refractivity contribution in [2.45, 2.75) is 57.1 Å². The Bertz CT molecular complexity index is 311. The van der Waals surface area contributed by atoms with Gasteiger partial charge in [0.1, 0.15) is 11.4 Å². The van der Waals surface area contributed by atoms with Crippen molar-refractivity contribution >= 4 is 11.7 Å². The van der Waals surface area contributed by atoms with Gasteiger partial charge in [0, 0.05) is 32.5 Å². The molecule has 0 N–H and O–H groups in total.